The highest BCUT2D eigenvalue weighted by molar-refractivity contribution is 7.89. The van der Waals surface area contributed by atoms with Crippen molar-refractivity contribution in [2.45, 2.75) is 55.8 Å². The third-order valence-electron chi connectivity index (χ3n) is 8.06. The average molecular weight is 579 g/mol. The van der Waals surface area contributed by atoms with Gasteiger partial charge in [-0.3, -0.25) is 9.59 Å². The van der Waals surface area contributed by atoms with E-state index in [1.165, 1.54) is 17.0 Å². The Kier molecular flexibility index (Phi) is 8.82. The van der Waals surface area contributed by atoms with E-state index in [4.69, 9.17) is 5.73 Å². The lowest BCUT2D eigenvalue weighted by molar-refractivity contribution is -0.142. The summed E-state index contributed by atoms with van der Waals surface area (Å²) in [5.74, 6) is -1.80. The number of nitrogens with one attached hydrogen (secondary N) is 1. The number of hydrogen-bond donors (Lipinski definition) is 2. The molecule has 0 aromatic heterocycles. The van der Waals surface area contributed by atoms with Crippen LogP contribution < -0.4 is 11.1 Å². The lowest BCUT2D eigenvalue weighted by atomic mass is 9.83. The summed E-state index contributed by atoms with van der Waals surface area (Å²) in [5.41, 5.74) is 8.32. The zero-order chi connectivity index (χ0) is 29.0. The van der Waals surface area contributed by atoms with Gasteiger partial charge in [0.2, 0.25) is 15.9 Å². The van der Waals surface area contributed by atoms with E-state index in [0.717, 1.165) is 58.8 Å². The van der Waals surface area contributed by atoms with E-state index in [9.17, 15) is 22.4 Å². The largest absolute Gasteiger partial charge is 0.349 e. The molecule has 0 radical (unpaired) electrons. The summed E-state index contributed by atoms with van der Waals surface area (Å²) in [6.45, 7) is 0.493. The maximum Gasteiger partial charge on any atom is 0.259 e. The number of hydrogen-bond acceptors (Lipinski definition) is 5. The van der Waals surface area contributed by atoms with Gasteiger partial charge in [0.1, 0.15) is 5.82 Å². The molecule has 2 unspecified atom stereocenters. The minimum absolute atomic E-state index is 0.0572. The lowest BCUT2D eigenvalue weighted by Gasteiger charge is -2.33. The molecule has 0 spiro atoms. The molecule has 5 rings (SSSR count). The SMILES string of the molecule is NCc1cccc(CNC(=O)C2N(C(=O)C(c3ccccc3)C3CCCC3)CCN2S(=O)(=O)c2ccc(F)cc2)c1. The van der Waals surface area contributed by atoms with E-state index in [0.29, 0.717) is 6.54 Å². The molecule has 2 aliphatic rings. The molecule has 3 aromatic rings. The first-order valence-electron chi connectivity index (χ1n) is 14.0. The molecule has 1 saturated carbocycles. The molecule has 1 aliphatic carbocycles. The molecule has 216 valence electrons. The Balaban J connectivity index is 1.48. The molecule has 8 nitrogen and oxygen atoms in total. The smallest absolute Gasteiger partial charge is 0.259 e. The van der Waals surface area contributed by atoms with Crippen LogP contribution >= 0.6 is 0 Å². The van der Waals surface area contributed by atoms with Crippen LogP contribution in [0.5, 0.6) is 0 Å². The Labute approximate surface area is 240 Å². The molecule has 41 heavy (non-hydrogen) atoms. The van der Waals surface area contributed by atoms with E-state index in [1.807, 2.05) is 54.6 Å². The number of carbonyl (C=O) groups excluding carboxylic acids is 2. The van der Waals surface area contributed by atoms with Crippen molar-refractivity contribution < 1.29 is 22.4 Å². The fourth-order valence-corrected chi connectivity index (χ4v) is 7.54. The Hall–Kier alpha value is -3.60. The van der Waals surface area contributed by atoms with Crippen molar-refractivity contribution in [2.75, 3.05) is 13.1 Å². The second-order valence-electron chi connectivity index (χ2n) is 10.6. The number of rotatable bonds is 9. The van der Waals surface area contributed by atoms with Crippen LogP contribution in [0.1, 0.15) is 48.3 Å². The van der Waals surface area contributed by atoms with Crippen LogP contribution in [0, 0.1) is 11.7 Å². The van der Waals surface area contributed by atoms with E-state index in [-0.39, 0.29) is 36.4 Å². The van der Waals surface area contributed by atoms with Gasteiger partial charge in [-0.25, -0.2) is 12.8 Å². The highest BCUT2D eigenvalue weighted by Crippen LogP contribution is 2.40. The van der Waals surface area contributed by atoms with Crippen LogP contribution in [-0.4, -0.2) is 48.7 Å². The number of carbonyl (C=O) groups is 2. The molecule has 2 fully saturated rings. The number of amides is 2. The molecular weight excluding hydrogens is 543 g/mol. The second-order valence-corrected chi connectivity index (χ2v) is 12.5. The summed E-state index contributed by atoms with van der Waals surface area (Å²) in [5, 5.41) is 2.85. The molecule has 1 saturated heterocycles. The standard InChI is InChI=1S/C31H35FN4O4S/c32-26-13-15-27(16-14-26)41(39,40)36-18-17-35(30(36)29(37)34-21-23-8-6-7-22(19-23)20-33)31(38)28(25-11-4-5-12-25)24-9-2-1-3-10-24/h1-3,6-10,13-16,19,25,28,30H,4-5,11-12,17-18,20-21,33H2,(H,34,37). The summed E-state index contributed by atoms with van der Waals surface area (Å²) in [6.07, 6.45) is 2.45. The summed E-state index contributed by atoms with van der Waals surface area (Å²) in [4.78, 5) is 29.4. The van der Waals surface area contributed by atoms with Gasteiger partial charge in [0.15, 0.2) is 6.17 Å². The molecule has 2 atom stereocenters. The van der Waals surface area contributed by atoms with Crippen molar-refractivity contribution in [1.29, 1.82) is 0 Å². The Bertz CT molecular complexity index is 1480. The van der Waals surface area contributed by atoms with Gasteiger partial charge >= 0.3 is 0 Å². The summed E-state index contributed by atoms with van der Waals surface area (Å²) in [7, 11) is -4.22. The Morgan fingerprint density at radius 1 is 0.927 bits per heavy atom. The summed E-state index contributed by atoms with van der Waals surface area (Å²) < 4.78 is 42.2. The van der Waals surface area contributed by atoms with Crippen LogP contribution in [0.15, 0.2) is 83.8 Å². The van der Waals surface area contributed by atoms with Gasteiger partial charge in [-0.05, 0) is 59.7 Å². The molecule has 1 aliphatic heterocycles. The van der Waals surface area contributed by atoms with Crippen LogP contribution in [0.2, 0.25) is 0 Å². The van der Waals surface area contributed by atoms with E-state index in [2.05, 4.69) is 5.32 Å². The predicted octanol–water partition coefficient (Wildman–Crippen LogP) is 3.73. The van der Waals surface area contributed by atoms with Gasteiger partial charge in [-0.1, -0.05) is 67.4 Å². The number of sulfonamides is 1. The van der Waals surface area contributed by atoms with Crippen molar-refractivity contribution in [3.63, 3.8) is 0 Å². The zero-order valence-electron chi connectivity index (χ0n) is 22.8. The normalized spacial score (nSPS) is 18.9. The molecule has 3 N–H and O–H groups in total. The van der Waals surface area contributed by atoms with Crippen LogP contribution in [0.3, 0.4) is 0 Å². The number of halogens is 1. The lowest BCUT2D eigenvalue weighted by Crippen LogP contribution is -2.54. The first-order valence-corrected chi connectivity index (χ1v) is 15.4. The molecule has 3 aromatic carbocycles. The van der Waals surface area contributed by atoms with Crippen molar-refractivity contribution in [1.82, 2.24) is 14.5 Å². The van der Waals surface area contributed by atoms with Crippen molar-refractivity contribution in [3.8, 4) is 0 Å². The van der Waals surface area contributed by atoms with E-state index in [1.54, 1.807) is 0 Å². The minimum atomic E-state index is -4.22. The molecule has 10 heteroatoms. The van der Waals surface area contributed by atoms with Gasteiger partial charge in [-0.15, -0.1) is 0 Å². The van der Waals surface area contributed by atoms with Crippen LogP contribution in [0.4, 0.5) is 4.39 Å². The highest BCUT2D eigenvalue weighted by Gasteiger charge is 2.49. The number of nitrogens with two attached hydrogens (primary N) is 1. The maximum atomic E-state index is 14.3. The van der Waals surface area contributed by atoms with Crippen LogP contribution in [0.25, 0.3) is 0 Å². The predicted molar refractivity (Wildman–Crippen MR) is 153 cm³/mol. The number of benzene rings is 3. The van der Waals surface area contributed by atoms with Gasteiger partial charge in [0.05, 0.1) is 10.8 Å². The fourth-order valence-electron chi connectivity index (χ4n) is 6.00. The van der Waals surface area contributed by atoms with Crippen LogP contribution in [-0.2, 0) is 32.7 Å². The summed E-state index contributed by atoms with van der Waals surface area (Å²) >= 11 is 0. The Morgan fingerprint density at radius 2 is 1.61 bits per heavy atom. The van der Waals surface area contributed by atoms with Gasteiger partial charge in [0, 0.05) is 26.2 Å². The second kappa shape index (κ2) is 12.5. The van der Waals surface area contributed by atoms with Crippen molar-refractivity contribution >= 4 is 21.8 Å². The number of nitrogens with zero attached hydrogens (tertiary/aromatic N) is 2. The third-order valence-corrected chi connectivity index (χ3v) is 9.92. The van der Waals surface area contributed by atoms with Gasteiger partial charge in [-0.2, -0.15) is 4.31 Å². The monoisotopic (exact) mass is 578 g/mol. The molecular formula is C31H35FN4O4S. The molecule has 2 amide bonds. The summed E-state index contributed by atoms with van der Waals surface area (Å²) in [6, 6.07) is 21.4. The molecule has 1 heterocycles. The van der Waals surface area contributed by atoms with E-state index >= 15 is 0 Å². The maximum absolute atomic E-state index is 14.3. The van der Waals surface area contributed by atoms with Gasteiger partial charge in [0.25, 0.3) is 5.91 Å². The van der Waals surface area contributed by atoms with Crippen molar-refractivity contribution in [2.24, 2.45) is 11.7 Å². The zero-order valence-corrected chi connectivity index (χ0v) is 23.6. The first-order chi connectivity index (χ1) is 19.8. The fraction of sp³-hybridized carbons (Fsp3) is 0.355. The minimum Gasteiger partial charge on any atom is -0.349 e. The topological polar surface area (TPSA) is 113 Å². The Morgan fingerprint density at radius 3 is 2.29 bits per heavy atom. The van der Waals surface area contributed by atoms with E-state index < -0.39 is 33.8 Å². The van der Waals surface area contributed by atoms with Crippen molar-refractivity contribution in [3.05, 3.63) is 101 Å². The highest BCUT2D eigenvalue weighted by atomic mass is 32.2. The molecule has 0 bridgehead atoms. The average Bonchev–Trinajstić information content (AvgIpc) is 3.68. The quantitative estimate of drug-likeness (QED) is 0.402. The van der Waals surface area contributed by atoms with Gasteiger partial charge < -0.3 is 16.0 Å². The third kappa shape index (κ3) is 6.19. The first kappa shape index (κ1) is 28.9.